The van der Waals surface area contributed by atoms with Gasteiger partial charge < -0.3 is 19.7 Å². The quantitative estimate of drug-likeness (QED) is 0.699. The first-order valence-electron chi connectivity index (χ1n) is 8.11. The zero-order chi connectivity index (χ0) is 18.4. The van der Waals surface area contributed by atoms with Crippen LogP contribution in [-0.2, 0) is 11.2 Å². The number of hydrogen-bond acceptors (Lipinski definition) is 6. The van der Waals surface area contributed by atoms with Crippen molar-refractivity contribution in [1.29, 1.82) is 0 Å². The Morgan fingerprint density at radius 1 is 1.04 bits per heavy atom. The normalized spacial score (nSPS) is 10.5. The number of amides is 1. The van der Waals surface area contributed by atoms with Crippen molar-refractivity contribution in [3.05, 3.63) is 66.1 Å². The molecular formula is C19H16N3O4-. The molecule has 26 heavy (non-hydrogen) atoms. The zero-order valence-corrected chi connectivity index (χ0v) is 13.8. The van der Waals surface area contributed by atoms with Crippen LogP contribution < -0.4 is 10.4 Å². The van der Waals surface area contributed by atoms with Crippen LogP contribution in [0.2, 0.25) is 0 Å². The topological polar surface area (TPSA) is 108 Å². The Morgan fingerprint density at radius 3 is 2.46 bits per heavy atom. The van der Waals surface area contributed by atoms with E-state index in [4.69, 9.17) is 4.52 Å². The first-order valence-corrected chi connectivity index (χ1v) is 8.11. The van der Waals surface area contributed by atoms with E-state index in [2.05, 4.69) is 15.5 Å². The summed E-state index contributed by atoms with van der Waals surface area (Å²) in [6.45, 7) is 0. The van der Waals surface area contributed by atoms with Gasteiger partial charge >= 0.3 is 0 Å². The number of carbonyl (C=O) groups is 2. The lowest BCUT2D eigenvalue weighted by atomic mass is 10.2. The molecule has 7 nitrogen and oxygen atoms in total. The summed E-state index contributed by atoms with van der Waals surface area (Å²) in [5.41, 5.74) is 1.47. The van der Waals surface area contributed by atoms with Crippen molar-refractivity contribution < 1.29 is 19.2 Å². The lowest BCUT2D eigenvalue weighted by molar-refractivity contribution is -0.255. The second-order valence-corrected chi connectivity index (χ2v) is 5.64. The van der Waals surface area contributed by atoms with Crippen LogP contribution in [0.15, 0.2) is 59.1 Å². The van der Waals surface area contributed by atoms with Gasteiger partial charge in [0.05, 0.1) is 5.97 Å². The number of benzene rings is 2. The number of aryl methyl sites for hydroxylation is 1. The number of nitrogens with zero attached hydrogens (tertiary/aromatic N) is 2. The van der Waals surface area contributed by atoms with Crippen LogP contribution >= 0.6 is 0 Å². The number of anilines is 1. The van der Waals surface area contributed by atoms with E-state index in [0.29, 0.717) is 30.2 Å². The van der Waals surface area contributed by atoms with Crippen molar-refractivity contribution in [1.82, 2.24) is 10.1 Å². The van der Waals surface area contributed by atoms with E-state index in [1.807, 2.05) is 30.3 Å². The Bertz CT molecular complexity index is 889. The minimum Gasteiger partial charge on any atom is -0.545 e. The lowest BCUT2D eigenvalue weighted by Gasteiger charge is -2.06. The maximum atomic E-state index is 11.9. The van der Waals surface area contributed by atoms with Gasteiger partial charge in [0.2, 0.25) is 17.6 Å². The van der Waals surface area contributed by atoms with Gasteiger partial charge in [-0.2, -0.15) is 4.98 Å². The first-order chi connectivity index (χ1) is 12.6. The lowest BCUT2D eigenvalue weighted by Crippen LogP contribution is -2.22. The number of hydrogen-bond donors (Lipinski definition) is 1. The SMILES string of the molecule is O=C(CCCc1nc(-c2ccccc2)no1)Nc1ccc(C(=O)[O-])cc1. The fourth-order valence-corrected chi connectivity index (χ4v) is 2.37. The van der Waals surface area contributed by atoms with Crippen LogP contribution in [0, 0.1) is 0 Å². The second-order valence-electron chi connectivity index (χ2n) is 5.64. The minimum absolute atomic E-state index is 0.0635. The number of carboxylic acids is 1. The summed E-state index contributed by atoms with van der Waals surface area (Å²) in [5.74, 6) is -0.417. The molecular weight excluding hydrogens is 334 g/mol. The largest absolute Gasteiger partial charge is 0.545 e. The van der Waals surface area contributed by atoms with E-state index in [0.717, 1.165) is 5.56 Å². The Kier molecular flexibility index (Phi) is 5.38. The highest BCUT2D eigenvalue weighted by Gasteiger charge is 2.09. The molecule has 2 aromatic carbocycles. The molecule has 3 aromatic rings. The third kappa shape index (κ3) is 4.54. The average Bonchev–Trinajstić information content (AvgIpc) is 3.12. The molecule has 0 saturated heterocycles. The molecule has 0 saturated carbocycles. The molecule has 0 unspecified atom stereocenters. The van der Waals surface area contributed by atoms with Crippen LogP contribution in [0.5, 0.6) is 0 Å². The van der Waals surface area contributed by atoms with Crippen molar-refractivity contribution in [3.8, 4) is 11.4 Å². The molecule has 1 N–H and O–H groups in total. The molecule has 0 aliphatic heterocycles. The maximum absolute atomic E-state index is 11.9. The Labute approximate surface area is 149 Å². The van der Waals surface area contributed by atoms with Gasteiger partial charge in [0, 0.05) is 24.1 Å². The first kappa shape index (κ1) is 17.3. The summed E-state index contributed by atoms with van der Waals surface area (Å²) in [6, 6.07) is 15.3. The predicted octanol–water partition coefficient (Wildman–Crippen LogP) is 2.06. The summed E-state index contributed by atoms with van der Waals surface area (Å²) in [7, 11) is 0. The molecule has 0 bridgehead atoms. The van der Waals surface area contributed by atoms with E-state index in [-0.39, 0.29) is 17.9 Å². The highest BCUT2D eigenvalue weighted by atomic mass is 16.5. The summed E-state index contributed by atoms with van der Waals surface area (Å²) in [4.78, 5) is 26.9. The van der Waals surface area contributed by atoms with E-state index in [9.17, 15) is 14.7 Å². The van der Waals surface area contributed by atoms with Gasteiger partial charge in [-0.15, -0.1) is 0 Å². The number of carbonyl (C=O) groups excluding carboxylic acids is 2. The molecule has 1 aromatic heterocycles. The van der Waals surface area contributed by atoms with Crippen molar-refractivity contribution in [2.45, 2.75) is 19.3 Å². The fourth-order valence-electron chi connectivity index (χ4n) is 2.37. The highest BCUT2D eigenvalue weighted by Crippen LogP contribution is 2.16. The number of nitrogens with one attached hydrogen (secondary N) is 1. The standard InChI is InChI=1S/C19H17N3O4/c23-16(20-15-11-9-14(10-12-15)19(24)25)7-4-8-17-21-18(22-26-17)13-5-2-1-3-6-13/h1-3,5-6,9-12H,4,7-8H2,(H,20,23)(H,24,25)/p-1. The van der Waals surface area contributed by atoms with Crippen LogP contribution in [0.4, 0.5) is 5.69 Å². The smallest absolute Gasteiger partial charge is 0.226 e. The van der Waals surface area contributed by atoms with Crippen molar-refractivity contribution in [3.63, 3.8) is 0 Å². The number of rotatable bonds is 7. The van der Waals surface area contributed by atoms with Gasteiger partial charge in [0.15, 0.2) is 0 Å². The summed E-state index contributed by atoms with van der Waals surface area (Å²) < 4.78 is 5.20. The van der Waals surface area contributed by atoms with Crippen LogP contribution in [0.25, 0.3) is 11.4 Å². The van der Waals surface area contributed by atoms with Crippen LogP contribution in [0.3, 0.4) is 0 Å². The monoisotopic (exact) mass is 350 g/mol. The molecule has 3 rings (SSSR count). The fraction of sp³-hybridized carbons (Fsp3) is 0.158. The molecule has 0 aliphatic carbocycles. The molecule has 1 amide bonds. The van der Waals surface area contributed by atoms with Crippen molar-refractivity contribution >= 4 is 17.6 Å². The number of aromatic carboxylic acids is 1. The maximum Gasteiger partial charge on any atom is 0.226 e. The summed E-state index contributed by atoms with van der Waals surface area (Å²) >= 11 is 0. The van der Waals surface area contributed by atoms with Crippen molar-refractivity contribution in [2.24, 2.45) is 0 Å². The van der Waals surface area contributed by atoms with Crippen molar-refractivity contribution in [2.75, 3.05) is 5.32 Å². The molecule has 0 spiro atoms. The summed E-state index contributed by atoms with van der Waals surface area (Å²) in [5, 5.41) is 17.3. The molecule has 0 aliphatic rings. The molecule has 7 heteroatoms. The Hall–Kier alpha value is -3.48. The van der Waals surface area contributed by atoms with E-state index in [1.165, 1.54) is 24.3 Å². The molecule has 1 heterocycles. The molecule has 132 valence electrons. The van der Waals surface area contributed by atoms with E-state index >= 15 is 0 Å². The third-order valence-corrected chi connectivity index (χ3v) is 3.70. The second kappa shape index (κ2) is 8.06. The Morgan fingerprint density at radius 2 is 1.77 bits per heavy atom. The predicted molar refractivity (Wildman–Crippen MR) is 92.1 cm³/mol. The minimum atomic E-state index is -1.25. The molecule has 0 radical (unpaired) electrons. The van der Waals surface area contributed by atoms with Gasteiger partial charge in [-0.1, -0.05) is 47.6 Å². The van der Waals surface area contributed by atoms with Gasteiger partial charge in [-0.05, 0) is 24.1 Å². The van der Waals surface area contributed by atoms with E-state index in [1.54, 1.807) is 0 Å². The van der Waals surface area contributed by atoms with Gasteiger partial charge in [-0.3, -0.25) is 4.79 Å². The molecule has 0 atom stereocenters. The highest BCUT2D eigenvalue weighted by molar-refractivity contribution is 5.92. The third-order valence-electron chi connectivity index (χ3n) is 3.70. The molecule has 0 fully saturated rings. The number of aromatic nitrogens is 2. The summed E-state index contributed by atoms with van der Waals surface area (Å²) in [6.07, 6.45) is 1.33. The zero-order valence-electron chi connectivity index (χ0n) is 13.8. The average molecular weight is 350 g/mol. The Balaban J connectivity index is 1.46. The van der Waals surface area contributed by atoms with Crippen LogP contribution in [-0.4, -0.2) is 22.0 Å². The van der Waals surface area contributed by atoms with Gasteiger partial charge in [0.25, 0.3) is 0 Å². The van der Waals surface area contributed by atoms with Gasteiger partial charge in [-0.25, -0.2) is 0 Å². The van der Waals surface area contributed by atoms with Crippen LogP contribution in [0.1, 0.15) is 29.1 Å². The number of carboxylic acid groups (broad SMARTS) is 1. The van der Waals surface area contributed by atoms with Gasteiger partial charge in [0.1, 0.15) is 0 Å². The van der Waals surface area contributed by atoms with E-state index < -0.39 is 5.97 Å².